The van der Waals surface area contributed by atoms with Gasteiger partial charge < -0.3 is 9.47 Å². The summed E-state index contributed by atoms with van der Waals surface area (Å²) >= 11 is 1.60. The minimum absolute atomic E-state index is 0.0981. The number of hydrogen-bond acceptors (Lipinski definition) is 5. The van der Waals surface area contributed by atoms with Crippen molar-refractivity contribution in [3.63, 3.8) is 0 Å². The van der Waals surface area contributed by atoms with Gasteiger partial charge in [-0.25, -0.2) is 4.99 Å². The first-order valence-corrected chi connectivity index (χ1v) is 9.01. The van der Waals surface area contributed by atoms with E-state index >= 15 is 0 Å². The molecule has 0 spiro atoms. The highest BCUT2D eigenvalue weighted by Gasteiger charge is 2.25. The molecule has 6 heteroatoms. The Bertz CT molecular complexity index is 755. The molecular formula is C19H20N2O3S. The summed E-state index contributed by atoms with van der Waals surface area (Å²) in [5, 5.41) is 0.726. The van der Waals surface area contributed by atoms with E-state index in [0.29, 0.717) is 23.6 Å². The predicted molar refractivity (Wildman–Crippen MR) is 101 cm³/mol. The standard InChI is InChI=1S/C19H20N2O3S/c1-23-16-11-14(12-17(13-16)24-2)18(22)21-9-6-10-25-19(21)20-15-7-4-3-5-8-15/h3-5,7-8,11-13H,6,9-10H2,1-2H3. The molecule has 1 saturated heterocycles. The van der Waals surface area contributed by atoms with Crippen molar-refractivity contribution in [3.05, 3.63) is 54.1 Å². The number of rotatable bonds is 4. The molecule has 2 aromatic rings. The molecule has 3 rings (SSSR count). The van der Waals surface area contributed by atoms with Gasteiger partial charge in [-0.3, -0.25) is 9.69 Å². The molecule has 0 saturated carbocycles. The number of methoxy groups -OCH3 is 2. The fourth-order valence-electron chi connectivity index (χ4n) is 2.54. The van der Waals surface area contributed by atoms with Crippen LogP contribution in [0.1, 0.15) is 16.8 Å². The Labute approximate surface area is 151 Å². The second kappa shape index (κ2) is 8.07. The monoisotopic (exact) mass is 356 g/mol. The zero-order valence-electron chi connectivity index (χ0n) is 14.3. The molecule has 0 aromatic heterocycles. The molecule has 1 aliphatic rings. The SMILES string of the molecule is COc1cc(OC)cc(C(=O)N2CCCSC2=Nc2ccccc2)c1. The van der Waals surface area contributed by atoms with Crippen molar-refractivity contribution >= 4 is 28.5 Å². The van der Waals surface area contributed by atoms with Crippen LogP contribution in [0.3, 0.4) is 0 Å². The van der Waals surface area contributed by atoms with Gasteiger partial charge in [-0.1, -0.05) is 30.0 Å². The van der Waals surface area contributed by atoms with E-state index in [1.165, 1.54) is 0 Å². The first-order chi connectivity index (χ1) is 12.2. The van der Waals surface area contributed by atoms with Gasteiger partial charge in [0.1, 0.15) is 11.5 Å². The Balaban J connectivity index is 1.92. The van der Waals surface area contributed by atoms with Crippen molar-refractivity contribution in [2.75, 3.05) is 26.5 Å². The summed E-state index contributed by atoms with van der Waals surface area (Å²) < 4.78 is 10.5. The van der Waals surface area contributed by atoms with Gasteiger partial charge in [0.2, 0.25) is 0 Å². The third kappa shape index (κ3) is 4.14. The Morgan fingerprint density at radius 2 is 1.76 bits per heavy atom. The number of carbonyl (C=O) groups excluding carboxylic acids is 1. The number of benzene rings is 2. The minimum atomic E-state index is -0.0981. The molecule has 1 amide bonds. The van der Waals surface area contributed by atoms with Gasteiger partial charge in [0.15, 0.2) is 5.17 Å². The predicted octanol–water partition coefficient (Wildman–Crippen LogP) is 3.97. The lowest BCUT2D eigenvalue weighted by atomic mass is 10.1. The number of amidine groups is 1. The highest BCUT2D eigenvalue weighted by molar-refractivity contribution is 8.13. The topological polar surface area (TPSA) is 51.1 Å². The quantitative estimate of drug-likeness (QED) is 0.832. The van der Waals surface area contributed by atoms with E-state index in [2.05, 4.69) is 4.99 Å². The van der Waals surface area contributed by atoms with Crippen molar-refractivity contribution in [1.82, 2.24) is 4.90 Å². The molecule has 0 atom stereocenters. The van der Waals surface area contributed by atoms with Crippen LogP contribution >= 0.6 is 11.8 Å². The molecule has 1 aliphatic heterocycles. The van der Waals surface area contributed by atoms with E-state index in [-0.39, 0.29) is 5.91 Å². The third-order valence-corrected chi connectivity index (χ3v) is 4.88. The van der Waals surface area contributed by atoms with Crippen LogP contribution < -0.4 is 9.47 Å². The number of ether oxygens (including phenoxy) is 2. The number of nitrogens with zero attached hydrogens (tertiary/aromatic N) is 2. The number of carbonyl (C=O) groups is 1. The van der Waals surface area contributed by atoms with E-state index in [1.54, 1.807) is 49.1 Å². The zero-order valence-corrected chi connectivity index (χ0v) is 15.1. The number of thioether (sulfide) groups is 1. The van der Waals surface area contributed by atoms with Crippen LogP contribution in [0.4, 0.5) is 5.69 Å². The van der Waals surface area contributed by atoms with Crippen LogP contribution in [0.5, 0.6) is 11.5 Å². The maximum absolute atomic E-state index is 13.1. The lowest BCUT2D eigenvalue weighted by Crippen LogP contribution is -2.39. The van der Waals surface area contributed by atoms with E-state index < -0.39 is 0 Å². The first kappa shape index (κ1) is 17.4. The molecule has 0 aliphatic carbocycles. The van der Waals surface area contributed by atoms with E-state index in [9.17, 15) is 4.79 Å². The van der Waals surface area contributed by atoms with Crippen molar-refractivity contribution in [3.8, 4) is 11.5 Å². The number of hydrogen-bond donors (Lipinski definition) is 0. The smallest absolute Gasteiger partial charge is 0.260 e. The Morgan fingerprint density at radius 3 is 2.40 bits per heavy atom. The summed E-state index contributed by atoms with van der Waals surface area (Å²) in [6.45, 7) is 0.650. The van der Waals surface area contributed by atoms with E-state index in [0.717, 1.165) is 23.0 Å². The normalized spacial score (nSPS) is 15.9. The maximum atomic E-state index is 13.1. The van der Waals surface area contributed by atoms with Gasteiger partial charge in [0, 0.05) is 23.9 Å². The van der Waals surface area contributed by atoms with Crippen LogP contribution in [-0.4, -0.2) is 42.5 Å². The summed E-state index contributed by atoms with van der Waals surface area (Å²) in [6.07, 6.45) is 0.936. The minimum Gasteiger partial charge on any atom is -0.497 e. The number of amides is 1. The molecule has 5 nitrogen and oxygen atoms in total. The van der Waals surface area contributed by atoms with Gasteiger partial charge in [-0.15, -0.1) is 0 Å². The Kier molecular flexibility index (Phi) is 5.60. The van der Waals surface area contributed by atoms with Gasteiger partial charge >= 0.3 is 0 Å². The molecule has 1 fully saturated rings. The average Bonchev–Trinajstić information content (AvgIpc) is 2.68. The largest absolute Gasteiger partial charge is 0.497 e. The molecule has 1 heterocycles. The highest BCUT2D eigenvalue weighted by atomic mass is 32.2. The summed E-state index contributed by atoms with van der Waals surface area (Å²) in [4.78, 5) is 19.4. The Hall–Kier alpha value is -2.47. The van der Waals surface area contributed by atoms with Crippen molar-refractivity contribution in [2.24, 2.45) is 4.99 Å². The van der Waals surface area contributed by atoms with E-state index in [1.807, 2.05) is 30.3 Å². The lowest BCUT2D eigenvalue weighted by molar-refractivity contribution is 0.0848. The molecule has 0 radical (unpaired) electrons. The van der Waals surface area contributed by atoms with Crippen LogP contribution in [-0.2, 0) is 0 Å². The molecular weight excluding hydrogens is 336 g/mol. The maximum Gasteiger partial charge on any atom is 0.260 e. The second-order valence-corrected chi connectivity index (χ2v) is 6.55. The third-order valence-electron chi connectivity index (χ3n) is 3.81. The highest BCUT2D eigenvalue weighted by Crippen LogP contribution is 2.27. The molecule has 0 unspecified atom stereocenters. The number of aliphatic imine (C=N–C) groups is 1. The molecule has 0 N–H and O–H groups in total. The van der Waals surface area contributed by atoms with Crippen molar-refractivity contribution in [1.29, 1.82) is 0 Å². The summed E-state index contributed by atoms with van der Waals surface area (Å²) in [5.41, 5.74) is 1.37. The van der Waals surface area contributed by atoms with Crippen LogP contribution in [0.25, 0.3) is 0 Å². The van der Waals surface area contributed by atoms with Gasteiger partial charge in [-0.05, 0) is 30.7 Å². The molecule has 0 bridgehead atoms. The summed E-state index contributed by atoms with van der Waals surface area (Å²) in [5.74, 6) is 2.04. The molecule has 2 aromatic carbocycles. The first-order valence-electron chi connectivity index (χ1n) is 8.03. The van der Waals surface area contributed by atoms with Crippen LogP contribution in [0.2, 0.25) is 0 Å². The zero-order chi connectivity index (χ0) is 17.6. The van der Waals surface area contributed by atoms with Crippen LogP contribution in [0.15, 0.2) is 53.5 Å². The van der Waals surface area contributed by atoms with Gasteiger partial charge in [0.25, 0.3) is 5.91 Å². The summed E-state index contributed by atoms with van der Waals surface area (Å²) in [6, 6.07) is 14.9. The molecule has 25 heavy (non-hydrogen) atoms. The average molecular weight is 356 g/mol. The fraction of sp³-hybridized carbons (Fsp3) is 0.263. The fourth-order valence-corrected chi connectivity index (χ4v) is 3.50. The Morgan fingerprint density at radius 1 is 1.08 bits per heavy atom. The number of para-hydroxylation sites is 1. The van der Waals surface area contributed by atoms with Gasteiger partial charge in [0.05, 0.1) is 19.9 Å². The van der Waals surface area contributed by atoms with Crippen molar-refractivity contribution in [2.45, 2.75) is 6.42 Å². The second-order valence-electron chi connectivity index (χ2n) is 5.49. The van der Waals surface area contributed by atoms with Crippen LogP contribution in [0, 0.1) is 0 Å². The van der Waals surface area contributed by atoms with Gasteiger partial charge in [-0.2, -0.15) is 0 Å². The van der Waals surface area contributed by atoms with Crippen molar-refractivity contribution < 1.29 is 14.3 Å². The van der Waals surface area contributed by atoms with E-state index in [4.69, 9.17) is 9.47 Å². The molecule has 130 valence electrons. The lowest BCUT2D eigenvalue weighted by Gasteiger charge is -2.28. The summed E-state index contributed by atoms with van der Waals surface area (Å²) in [7, 11) is 3.14.